The number of carboxylic acid groups (broad SMARTS) is 1. The molecule has 0 radical (unpaired) electrons. The molecule has 9 nitrogen and oxygen atoms in total. The lowest BCUT2D eigenvalue weighted by Crippen LogP contribution is -2.38. The first-order valence-electron chi connectivity index (χ1n) is 13.2. The highest BCUT2D eigenvalue weighted by molar-refractivity contribution is 5.90. The number of ether oxygens (including phenoxy) is 3. The summed E-state index contributed by atoms with van der Waals surface area (Å²) in [6.07, 6.45) is -0.343. The second-order valence-electron chi connectivity index (χ2n) is 11.6. The molecule has 0 aliphatic heterocycles. The highest BCUT2D eigenvalue weighted by Crippen LogP contribution is 2.24. The summed E-state index contributed by atoms with van der Waals surface area (Å²) < 4.78 is 15.8. The first-order chi connectivity index (χ1) is 18.6. The number of esters is 2. The Morgan fingerprint density at radius 3 is 2.05 bits per heavy atom. The molecule has 0 fully saturated rings. The van der Waals surface area contributed by atoms with E-state index in [-0.39, 0.29) is 24.9 Å². The number of methoxy groups -OCH3 is 1. The minimum Gasteiger partial charge on any atom is -0.481 e. The largest absolute Gasteiger partial charge is 0.481 e. The Morgan fingerprint density at radius 1 is 0.875 bits per heavy atom. The average molecular weight is 556 g/mol. The predicted octanol–water partition coefficient (Wildman–Crippen LogP) is 5.43. The number of carbonyl (C=O) groups is 4. The van der Waals surface area contributed by atoms with Crippen LogP contribution in [0.2, 0.25) is 0 Å². The van der Waals surface area contributed by atoms with Crippen molar-refractivity contribution in [3.05, 3.63) is 70.8 Å². The quantitative estimate of drug-likeness (QED) is 0.288. The number of hydrogen-bond donors (Lipinski definition) is 1. The third kappa shape index (κ3) is 11.1. The fraction of sp³-hybridized carbons (Fsp3) is 0.484. The molecule has 2 rings (SSSR count). The second-order valence-corrected chi connectivity index (χ2v) is 11.6. The van der Waals surface area contributed by atoms with Crippen molar-refractivity contribution in [1.82, 2.24) is 4.90 Å². The number of carbonyl (C=O) groups excluding carboxylic acids is 3. The van der Waals surface area contributed by atoms with Gasteiger partial charge in [0.15, 0.2) is 0 Å². The highest BCUT2D eigenvalue weighted by Gasteiger charge is 2.27. The van der Waals surface area contributed by atoms with Crippen molar-refractivity contribution in [3.8, 4) is 0 Å². The van der Waals surface area contributed by atoms with Crippen LogP contribution in [0.4, 0.5) is 4.79 Å². The van der Waals surface area contributed by atoms with Crippen LogP contribution in [0, 0.1) is 5.92 Å². The summed E-state index contributed by atoms with van der Waals surface area (Å²) >= 11 is 0. The third-order valence-corrected chi connectivity index (χ3v) is 5.82. The molecule has 0 saturated heterocycles. The average Bonchev–Trinajstić information content (AvgIpc) is 2.85. The van der Waals surface area contributed by atoms with Crippen LogP contribution in [0.25, 0.3) is 0 Å². The topological polar surface area (TPSA) is 119 Å². The lowest BCUT2D eigenvalue weighted by Gasteiger charge is -2.28. The molecule has 1 atom stereocenters. The number of benzene rings is 2. The molecule has 0 unspecified atom stereocenters. The van der Waals surface area contributed by atoms with Gasteiger partial charge in [0.1, 0.15) is 11.2 Å². The molecule has 0 aliphatic rings. The van der Waals surface area contributed by atoms with Gasteiger partial charge in [-0.2, -0.15) is 0 Å². The maximum absolute atomic E-state index is 13.2. The van der Waals surface area contributed by atoms with Crippen LogP contribution in [-0.2, 0) is 43.2 Å². The highest BCUT2D eigenvalue weighted by atomic mass is 16.6. The van der Waals surface area contributed by atoms with Gasteiger partial charge in [-0.1, -0.05) is 36.4 Å². The van der Waals surface area contributed by atoms with Crippen LogP contribution in [0.15, 0.2) is 48.5 Å². The van der Waals surface area contributed by atoms with Crippen molar-refractivity contribution in [3.63, 3.8) is 0 Å². The van der Waals surface area contributed by atoms with Gasteiger partial charge < -0.3 is 24.2 Å². The number of aliphatic carboxylic acids is 1. The molecule has 0 heterocycles. The predicted molar refractivity (Wildman–Crippen MR) is 150 cm³/mol. The third-order valence-electron chi connectivity index (χ3n) is 5.82. The van der Waals surface area contributed by atoms with Crippen LogP contribution in [0.5, 0.6) is 0 Å². The van der Waals surface area contributed by atoms with Gasteiger partial charge in [0, 0.05) is 13.1 Å². The normalized spacial score (nSPS) is 12.3. The second kappa shape index (κ2) is 14.0. The monoisotopic (exact) mass is 555 g/mol. The molecule has 218 valence electrons. The van der Waals surface area contributed by atoms with Gasteiger partial charge in [-0.05, 0) is 83.2 Å². The summed E-state index contributed by atoms with van der Waals surface area (Å²) in [5.74, 6) is -3.49. The van der Waals surface area contributed by atoms with Crippen LogP contribution >= 0.6 is 0 Å². The van der Waals surface area contributed by atoms with Gasteiger partial charge in [-0.3, -0.25) is 9.59 Å². The van der Waals surface area contributed by atoms with Crippen LogP contribution in [0.3, 0.4) is 0 Å². The summed E-state index contributed by atoms with van der Waals surface area (Å²) in [5, 5.41) is 9.83. The van der Waals surface area contributed by atoms with E-state index >= 15 is 0 Å². The van der Waals surface area contributed by atoms with Gasteiger partial charge >= 0.3 is 24.0 Å². The molecular formula is C31H41NO8. The molecule has 9 heteroatoms. The number of hydrogen-bond acceptors (Lipinski definition) is 7. The van der Waals surface area contributed by atoms with Gasteiger partial charge in [0.25, 0.3) is 0 Å². The molecule has 2 aromatic carbocycles. The van der Waals surface area contributed by atoms with E-state index in [1.165, 1.54) is 7.11 Å². The van der Waals surface area contributed by atoms with E-state index in [4.69, 9.17) is 9.47 Å². The molecule has 0 spiro atoms. The fourth-order valence-corrected chi connectivity index (χ4v) is 3.91. The van der Waals surface area contributed by atoms with E-state index in [1.807, 2.05) is 30.3 Å². The zero-order chi connectivity index (χ0) is 30.1. The maximum atomic E-state index is 13.2. The number of carboxylic acids is 1. The molecule has 2 aromatic rings. The lowest BCUT2D eigenvalue weighted by atomic mass is 9.91. The first kappa shape index (κ1) is 32.3. The number of nitrogens with zero attached hydrogens (tertiary/aromatic N) is 1. The van der Waals surface area contributed by atoms with E-state index < -0.39 is 41.1 Å². The molecule has 1 amide bonds. The van der Waals surface area contributed by atoms with E-state index in [9.17, 15) is 24.3 Å². The Morgan fingerprint density at radius 2 is 1.50 bits per heavy atom. The molecular weight excluding hydrogens is 514 g/mol. The SMILES string of the molecule is COC(=O)C[C@H](Cc1cc(C(=O)OC(C)(C)C)ccc1CN(CCc1ccccc1)C(=O)OC(C)(C)C)C(=O)O. The smallest absolute Gasteiger partial charge is 0.410 e. The molecule has 0 saturated carbocycles. The van der Waals surface area contributed by atoms with Crippen LogP contribution in [-0.4, -0.2) is 58.9 Å². The number of amides is 1. The summed E-state index contributed by atoms with van der Waals surface area (Å²) in [5.41, 5.74) is 0.968. The maximum Gasteiger partial charge on any atom is 0.410 e. The van der Waals surface area contributed by atoms with Crippen molar-refractivity contribution in [2.24, 2.45) is 5.92 Å². The van der Waals surface area contributed by atoms with Gasteiger partial charge in [0.05, 0.1) is 25.0 Å². The Hall–Kier alpha value is -3.88. The summed E-state index contributed by atoms with van der Waals surface area (Å²) in [6, 6.07) is 14.6. The van der Waals surface area contributed by atoms with E-state index in [0.717, 1.165) is 5.56 Å². The van der Waals surface area contributed by atoms with Crippen molar-refractivity contribution in [2.45, 2.75) is 78.6 Å². The standard InChI is InChI=1S/C31H41NO8/c1-30(2,3)39-28(36)22-13-14-23(24(17-22)18-25(27(34)35)19-26(33)38-7)20-32(29(37)40-31(4,5)6)16-15-21-11-9-8-10-12-21/h8-14,17,25H,15-16,18-20H2,1-7H3,(H,34,35)/t25-/m0/s1. The minimum absolute atomic E-state index is 0.0583. The van der Waals surface area contributed by atoms with Gasteiger partial charge in [-0.15, -0.1) is 0 Å². The molecule has 40 heavy (non-hydrogen) atoms. The molecule has 0 aromatic heterocycles. The fourth-order valence-electron chi connectivity index (χ4n) is 3.91. The van der Waals surface area contributed by atoms with Crippen LogP contribution in [0.1, 0.15) is 75.0 Å². The van der Waals surface area contributed by atoms with Gasteiger partial charge in [-0.25, -0.2) is 9.59 Å². The van der Waals surface area contributed by atoms with E-state index in [1.54, 1.807) is 64.6 Å². The Balaban J connectivity index is 2.48. The first-order valence-corrected chi connectivity index (χ1v) is 13.2. The van der Waals surface area contributed by atoms with Crippen molar-refractivity contribution in [1.29, 1.82) is 0 Å². The molecule has 1 N–H and O–H groups in total. The van der Waals surface area contributed by atoms with Crippen molar-refractivity contribution in [2.75, 3.05) is 13.7 Å². The molecule has 0 aliphatic carbocycles. The van der Waals surface area contributed by atoms with Crippen molar-refractivity contribution >= 4 is 24.0 Å². The minimum atomic E-state index is -1.17. The molecule has 0 bridgehead atoms. The lowest BCUT2D eigenvalue weighted by molar-refractivity contribution is -0.149. The van der Waals surface area contributed by atoms with Crippen LogP contribution < -0.4 is 0 Å². The Bertz CT molecular complexity index is 1180. The zero-order valence-electron chi connectivity index (χ0n) is 24.5. The van der Waals surface area contributed by atoms with E-state index in [0.29, 0.717) is 24.1 Å². The Kier molecular flexibility index (Phi) is 11.3. The Labute approximate surface area is 236 Å². The van der Waals surface area contributed by atoms with Gasteiger partial charge in [0.2, 0.25) is 0 Å². The summed E-state index contributed by atoms with van der Waals surface area (Å²) in [6.45, 7) is 11.1. The van der Waals surface area contributed by atoms with Crippen molar-refractivity contribution < 1.29 is 38.5 Å². The van der Waals surface area contributed by atoms with E-state index in [2.05, 4.69) is 4.74 Å². The summed E-state index contributed by atoms with van der Waals surface area (Å²) in [7, 11) is 1.20. The summed E-state index contributed by atoms with van der Waals surface area (Å²) in [4.78, 5) is 51.5. The number of rotatable bonds is 11. The zero-order valence-corrected chi connectivity index (χ0v) is 24.5.